The first-order valence-corrected chi connectivity index (χ1v) is 6.23. The fourth-order valence-electron chi connectivity index (χ4n) is 1.61. The number of aryl methyl sites for hydroxylation is 2. The molecule has 0 amide bonds. The van der Waals surface area contributed by atoms with Crippen LogP contribution in [0.4, 0.5) is 5.00 Å². The van der Waals surface area contributed by atoms with Crippen molar-refractivity contribution in [3.05, 3.63) is 34.5 Å². The second-order valence-electron chi connectivity index (χ2n) is 3.64. The molecule has 0 aliphatic heterocycles. The van der Waals surface area contributed by atoms with Crippen molar-refractivity contribution >= 4 is 27.9 Å². The molecule has 0 radical (unpaired) electrons. The molecule has 0 spiro atoms. The minimum absolute atomic E-state index is 0.767. The molecule has 1 aromatic heterocycles. The topological polar surface area (TPSA) is 24.9 Å². The van der Waals surface area contributed by atoms with Gasteiger partial charge in [-0.1, -0.05) is 29.0 Å². The SMILES string of the molecule is CNc1sc(-c2ccc(Cl)cc2C)nc1C. The highest BCUT2D eigenvalue weighted by Crippen LogP contribution is 2.33. The highest BCUT2D eigenvalue weighted by Gasteiger charge is 2.10. The monoisotopic (exact) mass is 252 g/mol. The number of benzene rings is 1. The van der Waals surface area contributed by atoms with Gasteiger partial charge in [-0.2, -0.15) is 0 Å². The molecular formula is C12H13ClN2S. The van der Waals surface area contributed by atoms with Crippen LogP contribution >= 0.6 is 22.9 Å². The van der Waals surface area contributed by atoms with Crippen molar-refractivity contribution < 1.29 is 0 Å². The van der Waals surface area contributed by atoms with E-state index in [-0.39, 0.29) is 0 Å². The minimum Gasteiger partial charge on any atom is -0.378 e. The average molecular weight is 253 g/mol. The van der Waals surface area contributed by atoms with Gasteiger partial charge in [-0.05, 0) is 31.5 Å². The maximum Gasteiger partial charge on any atom is 0.125 e. The Kier molecular flexibility index (Phi) is 3.17. The molecule has 0 saturated heterocycles. The number of hydrogen-bond acceptors (Lipinski definition) is 3. The Bertz CT molecular complexity index is 520. The summed E-state index contributed by atoms with van der Waals surface area (Å²) in [6.07, 6.45) is 0. The molecule has 0 atom stereocenters. The predicted molar refractivity (Wildman–Crippen MR) is 71.6 cm³/mol. The summed E-state index contributed by atoms with van der Waals surface area (Å²) in [6.45, 7) is 4.06. The molecule has 84 valence electrons. The Labute approximate surface area is 104 Å². The Morgan fingerprint density at radius 1 is 1.31 bits per heavy atom. The van der Waals surface area contributed by atoms with Crippen LogP contribution in [0.2, 0.25) is 5.02 Å². The summed E-state index contributed by atoms with van der Waals surface area (Å²) in [5.74, 6) is 0. The summed E-state index contributed by atoms with van der Waals surface area (Å²) < 4.78 is 0. The zero-order valence-electron chi connectivity index (χ0n) is 9.47. The van der Waals surface area contributed by atoms with E-state index in [1.165, 1.54) is 0 Å². The number of rotatable bonds is 2. The Balaban J connectivity index is 2.50. The molecule has 0 fully saturated rings. The molecule has 0 aliphatic rings. The summed E-state index contributed by atoms with van der Waals surface area (Å²) >= 11 is 7.61. The van der Waals surface area contributed by atoms with E-state index in [1.807, 2.05) is 32.2 Å². The van der Waals surface area contributed by atoms with E-state index in [0.29, 0.717) is 0 Å². The van der Waals surface area contributed by atoms with E-state index in [2.05, 4.69) is 17.2 Å². The fraction of sp³-hybridized carbons (Fsp3) is 0.250. The van der Waals surface area contributed by atoms with Crippen molar-refractivity contribution in [1.29, 1.82) is 0 Å². The van der Waals surface area contributed by atoms with E-state index in [4.69, 9.17) is 11.6 Å². The van der Waals surface area contributed by atoms with Crippen LogP contribution in [0.25, 0.3) is 10.6 Å². The third-order valence-corrected chi connectivity index (χ3v) is 3.89. The van der Waals surface area contributed by atoms with Crippen LogP contribution in [0.3, 0.4) is 0 Å². The van der Waals surface area contributed by atoms with Gasteiger partial charge in [-0.25, -0.2) is 4.98 Å². The van der Waals surface area contributed by atoms with E-state index in [1.54, 1.807) is 11.3 Å². The highest BCUT2D eigenvalue weighted by molar-refractivity contribution is 7.19. The molecule has 1 aromatic carbocycles. The number of aromatic nitrogens is 1. The van der Waals surface area contributed by atoms with Crippen LogP contribution in [0.5, 0.6) is 0 Å². The third kappa shape index (κ3) is 2.06. The Morgan fingerprint density at radius 2 is 2.06 bits per heavy atom. The molecule has 4 heteroatoms. The van der Waals surface area contributed by atoms with Crippen molar-refractivity contribution in [2.24, 2.45) is 0 Å². The van der Waals surface area contributed by atoms with Crippen LogP contribution in [-0.4, -0.2) is 12.0 Å². The molecule has 0 unspecified atom stereocenters. The van der Waals surface area contributed by atoms with Gasteiger partial charge in [0.05, 0.1) is 5.69 Å². The largest absolute Gasteiger partial charge is 0.378 e. The lowest BCUT2D eigenvalue weighted by atomic mass is 10.1. The van der Waals surface area contributed by atoms with Gasteiger partial charge in [-0.15, -0.1) is 0 Å². The molecule has 2 nitrogen and oxygen atoms in total. The van der Waals surface area contributed by atoms with Gasteiger partial charge >= 0.3 is 0 Å². The predicted octanol–water partition coefficient (Wildman–Crippen LogP) is 4.12. The van der Waals surface area contributed by atoms with Gasteiger partial charge < -0.3 is 5.32 Å². The van der Waals surface area contributed by atoms with Crippen molar-refractivity contribution in [2.45, 2.75) is 13.8 Å². The van der Waals surface area contributed by atoms with Gasteiger partial charge in [0.25, 0.3) is 0 Å². The van der Waals surface area contributed by atoms with Gasteiger partial charge in [0, 0.05) is 17.6 Å². The number of halogens is 1. The second kappa shape index (κ2) is 4.44. The lowest BCUT2D eigenvalue weighted by Gasteiger charge is -2.01. The lowest BCUT2D eigenvalue weighted by molar-refractivity contribution is 1.25. The lowest BCUT2D eigenvalue weighted by Crippen LogP contribution is -1.85. The molecule has 2 aromatic rings. The number of nitrogens with one attached hydrogen (secondary N) is 1. The quantitative estimate of drug-likeness (QED) is 0.870. The van der Waals surface area contributed by atoms with E-state index < -0.39 is 0 Å². The number of hydrogen-bond donors (Lipinski definition) is 1. The van der Waals surface area contributed by atoms with E-state index in [9.17, 15) is 0 Å². The normalized spacial score (nSPS) is 10.5. The summed E-state index contributed by atoms with van der Waals surface area (Å²) in [5.41, 5.74) is 3.35. The van der Waals surface area contributed by atoms with Gasteiger partial charge in [0.15, 0.2) is 0 Å². The van der Waals surface area contributed by atoms with Crippen LogP contribution in [0.1, 0.15) is 11.3 Å². The standard InChI is InChI=1S/C12H13ClN2S/c1-7-6-9(13)4-5-10(7)12-15-8(2)11(14-3)16-12/h4-6,14H,1-3H3. The smallest absolute Gasteiger partial charge is 0.125 e. The van der Waals surface area contributed by atoms with E-state index in [0.717, 1.165) is 31.9 Å². The minimum atomic E-state index is 0.767. The summed E-state index contributed by atoms with van der Waals surface area (Å²) in [6, 6.07) is 5.89. The van der Waals surface area contributed by atoms with Crippen LogP contribution in [-0.2, 0) is 0 Å². The first-order valence-electron chi connectivity index (χ1n) is 5.03. The van der Waals surface area contributed by atoms with Crippen molar-refractivity contribution in [2.75, 3.05) is 12.4 Å². The summed E-state index contributed by atoms with van der Waals surface area (Å²) in [7, 11) is 1.92. The van der Waals surface area contributed by atoms with E-state index >= 15 is 0 Å². The zero-order chi connectivity index (χ0) is 11.7. The van der Waals surface area contributed by atoms with Crippen molar-refractivity contribution in [3.63, 3.8) is 0 Å². The first kappa shape index (κ1) is 11.4. The fourth-order valence-corrected chi connectivity index (χ4v) is 2.85. The maximum absolute atomic E-state index is 5.94. The van der Waals surface area contributed by atoms with Gasteiger partial charge in [0.1, 0.15) is 10.0 Å². The first-order chi connectivity index (χ1) is 7.61. The molecule has 2 rings (SSSR count). The number of nitrogens with zero attached hydrogens (tertiary/aromatic N) is 1. The van der Waals surface area contributed by atoms with Crippen LogP contribution in [0.15, 0.2) is 18.2 Å². The highest BCUT2D eigenvalue weighted by atomic mass is 35.5. The molecule has 1 heterocycles. The third-order valence-electron chi connectivity index (χ3n) is 2.44. The molecular weight excluding hydrogens is 240 g/mol. The second-order valence-corrected chi connectivity index (χ2v) is 5.08. The molecule has 16 heavy (non-hydrogen) atoms. The maximum atomic E-state index is 5.94. The van der Waals surface area contributed by atoms with Crippen LogP contribution in [0, 0.1) is 13.8 Å². The Morgan fingerprint density at radius 3 is 2.62 bits per heavy atom. The van der Waals surface area contributed by atoms with Gasteiger partial charge in [0.2, 0.25) is 0 Å². The van der Waals surface area contributed by atoms with Crippen LogP contribution < -0.4 is 5.32 Å². The molecule has 1 N–H and O–H groups in total. The summed E-state index contributed by atoms with van der Waals surface area (Å²) in [4.78, 5) is 4.56. The van der Waals surface area contributed by atoms with Crippen molar-refractivity contribution in [1.82, 2.24) is 4.98 Å². The number of anilines is 1. The number of thiazole rings is 1. The molecule has 0 aliphatic carbocycles. The molecule has 0 saturated carbocycles. The summed E-state index contributed by atoms with van der Waals surface area (Å²) in [5, 5.41) is 6.07. The zero-order valence-corrected chi connectivity index (χ0v) is 11.0. The average Bonchev–Trinajstić information content (AvgIpc) is 2.59. The molecule has 0 bridgehead atoms. The van der Waals surface area contributed by atoms with Gasteiger partial charge in [-0.3, -0.25) is 0 Å². The van der Waals surface area contributed by atoms with Crippen molar-refractivity contribution in [3.8, 4) is 10.6 Å². The Hall–Kier alpha value is -1.06.